The van der Waals surface area contributed by atoms with E-state index in [-0.39, 0.29) is 11.3 Å². The van der Waals surface area contributed by atoms with Gasteiger partial charge in [0.1, 0.15) is 0 Å². The number of rotatable bonds is 8. The number of benzene rings is 1. The first-order valence-electron chi connectivity index (χ1n) is 9.17. The fourth-order valence-corrected chi connectivity index (χ4v) is 4.09. The van der Waals surface area contributed by atoms with Crippen LogP contribution in [0, 0.1) is 10.1 Å². The number of thiophene rings is 1. The van der Waals surface area contributed by atoms with Crippen LogP contribution in [-0.4, -0.2) is 53.8 Å². The van der Waals surface area contributed by atoms with Crippen LogP contribution >= 0.6 is 11.3 Å². The maximum absolute atomic E-state index is 13.1. The van der Waals surface area contributed by atoms with Gasteiger partial charge in [-0.05, 0) is 17.0 Å². The lowest BCUT2D eigenvalue weighted by atomic mass is 9.95. The number of ketones is 1. The summed E-state index contributed by atoms with van der Waals surface area (Å²) in [5, 5.41) is 23.5. The summed E-state index contributed by atoms with van der Waals surface area (Å²) in [7, 11) is 3.98. The maximum atomic E-state index is 13.1. The first kappa shape index (κ1) is 20.7. The Labute approximate surface area is 171 Å². The van der Waals surface area contributed by atoms with Crippen LogP contribution in [0.25, 0.3) is 0 Å². The lowest BCUT2D eigenvalue weighted by molar-refractivity contribution is -0.858. The SMILES string of the molecule is C[NH+](C)CCCN1C(=O)C(O)=C(C(=O)c2cccs2)[C@H]1c1cccc([N+](=O)[O-])c1. The van der Waals surface area contributed by atoms with Gasteiger partial charge in [0, 0.05) is 25.1 Å². The number of hydrogen-bond donors (Lipinski definition) is 2. The predicted octanol–water partition coefficient (Wildman–Crippen LogP) is 1.77. The summed E-state index contributed by atoms with van der Waals surface area (Å²) in [6, 6.07) is 8.33. The van der Waals surface area contributed by atoms with Gasteiger partial charge in [-0.2, -0.15) is 0 Å². The van der Waals surface area contributed by atoms with Gasteiger partial charge in [0.25, 0.3) is 11.6 Å². The molecule has 2 aromatic rings. The molecule has 0 unspecified atom stereocenters. The second-order valence-corrected chi connectivity index (χ2v) is 8.08. The second kappa shape index (κ2) is 8.54. The second-order valence-electron chi connectivity index (χ2n) is 7.13. The number of carbonyl (C=O) groups excluding carboxylic acids is 2. The maximum Gasteiger partial charge on any atom is 0.290 e. The molecule has 0 saturated carbocycles. The van der Waals surface area contributed by atoms with Crippen LogP contribution in [0.4, 0.5) is 5.69 Å². The molecule has 2 heterocycles. The van der Waals surface area contributed by atoms with Crippen molar-refractivity contribution in [2.75, 3.05) is 27.2 Å². The van der Waals surface area contributed by atoms with Crippen LogP contribution in [0.3, 0.4) is 0 Å². The number of nitrogens with one attached hydrogen (secondary N) is 1. The van der Waals surface area contributed by atoms with E-state index in [9.17, 15) is 24.8 Å². The van der Waals surface area contributed by atoms with Crippen LogP contribution in [0.2, 0.25) is 0 Å². The van der Waals surface area contributed by atoms with E-state index in [1.54, 1.807) is 23.6 Å². The molecule has 0 fully saturated rings. The summed E-state index contributed by atoms with van der Waals surface area (Å²) < 4.78 is 0. The average Bonchev–Trinajstić information content (AvgIpc) is 3.30. The Hall–Kier alpha value is -3.04. The Kier molecular flexibility index (Phi) is 6.09. The zero-order chi connectivity index (χ0) is 21.1. The van der Waals surface area contributed by atoms with Crippen LogP contribution in [0.15, 0.2) is 53.1 Å². The molecule has 1 amide bonds. The number of aliphatic hydroxyl groups is 1. The van der Waals surface area contributed by atoms with Crippen molar-refractivity contribution in [2.24, 2.45) is 0 Å². The molecule has 152 valence electrons. The van der Waals surface area contributed by atoms with Gasteiger partial charge in [0.15, 0.2) is 5.76 Å². The largest absolute Gasteiger partial charge is 0.503 e. The van der Waals surface area contributed by atoms with E-state index in [1.165, 1.54) is 39.3 Å². The zero-order valence-corrected chi connectivity index (χ0v) is 16.9. The third-order valence-corrected chi connectivity index (χ3v) is 5.63. The molecule has 0 radical (unpaired) electrons. The molecule has 1 atom stereocenters. The van der Waals surface area contributed by atoms with Gasteiger partial charge >= 0.3 is 0 Å². The van der Waals surface area contributed by atoms with E-state index >= 15 is 0 Å². The van der Waals surface area contributed by atoms with Crippen molar-refractivity contribution in [1.29, 1.82) is 0 Å². The number of Topliss-reactive ketones (excluding diaryl/α,β-unsaturated/α-hetero) is 1. The highest BCUT2D eigenvalue weighted by Crippen LogP contribution is 2.40. The van der Waals surface area contributed by atoms with Gasteiger partial charge in [-0.15, -0.1) is 11.3 Å². The van der Waals surface area contributed by atoms with Crippen molar-refractivity contribution in [2.45, 2.75) is 12.5 Å². The molecular formula is C20H22N3O5S+. The van der Waals surface area contributed by atoms with Gasteiger partial charge < -0.3 is 14.9 Å². The van der Waals surface area contributed by atoms with Crippen LogP contribution < -0.4 is 4.90 Å². The molecular weight excluding hydrogens is 394 g/mol. The molecule has 0 bridgehead atoms. The molecule has 1 aliphatic heterocycles. The summed E-state index contributed by atoms with van der Waals surface area (Å²) >= 11 is 1.21. The zero-order valence-electron chi connectivity index (χ0n) is 16.1. The molecule has 0 saturated heterocycles. The van der Waals surface area contributed by atoms with E-state index in [0.717, 1.165) is 6.54 Å². The van der Waals surface area contributed by atoms with E-state index in [0.29, 0.717) is 23.4 Å². The summed E-state index contributed by atoms with van der Waals surface area (Å²) in [6.07, 6.45) is 0.660. The molecule has 3 rings (SSSR count). The summed E-state index contributed by atoms with van der Waals surface area (Å²) in [6.45, 7) is 1.11. The average molecular weight is 416 g/mol. The Bertz CT molecular complexity index is 968. The standard InChI is InChI=1S/C20H21N3O5S/c1-21(2)9-5-10-22-17(13-6-3-7-14(12-13)23(27)28)16(19(25)20(22)26)18(24)15-8-4-11-29-15/h3-4,6-8,11-12,17,25H,5,9-10H2,1-2H3/p+1/t17-/m1/s1. The highest BCUT2D eigenvalue weighted by Gasteiger charge is 2.44. The van der Waals surface area contributed by atoms with Gasteiger partial charge in [-0.1, -0.05) is 18.2 Å². The van der Waals surface area contributed by atoms with Crippen LogP contribution in [0.1, 0.15) is 27.7 Å². The molecule has 9 heteroatoms. The molecule has 29 heavy (non-hydrogen) atoms. The fraction of sp³-hybridized carbons (Fsp3) is 0.300. The third-order valence-electron chi connectivity index (χ3n) is 4.77. The molecule has 0 aliphatic carbocycles. The number of quaternary nitrogens is 1. The van der Waals surface area contributed by atoms with Crippen molar-refractivity contribution in [1.82, 2.24) is 4.90 Å². The number of hydrogen-bond acceptors (Lipinski definition) is 6. The first-order valence-corrected chi connectivity index (χ1v) is 10.0. The summed E-state index contributed by atoms with van der Waals surface area (Å²) in [5.41, 5.74) is 0.255. The van der Waals surface area contributed by atoms with Crippen molar-refractivity contribution in [3.8, 4) is 0 Å². The number of nitro groups is 1. The Balaban J connectivity index is 2.04. The molecule has 1 aromatic carbocycles. The fourth-order valence-electron chi connectivity index (χ4n) is 3.41. The number of non-ortho nitro benzene ring substituents is 1. The molecule has 8 nitrogen and oxygen atoms in total. The van der Waals surface area contributed by atoms with Crippen molar-refractivity contribution in [3.63, 3.8) is 0 Å². The molecule has 2 N–H and O–H groups in total. The van der Waals surface area contributed by atoms with Crippen molar-refractivity contribution in [3.05, 3.63) is 73.7 Å². The van der Waals surface area contributed by atoms with Gasteiger partial charge in [-0.3, -0.25) is 19.7 Å². The van der Waals surface area contributed by atoms with E-state index in [1.807, 2.05) is 14.1 Å². The summed E-state index contributed by atoms with van der Waals surface area (Å²) in [5.74, 6) is -1.66. The highest BCUT2D eigenvalue weighted by molar-refractivity contribution is 7.12. The number of aliphatic hydroxyl groups excluding tert-OH is 1. The molecule has 1 aliphatic rings. The van der Waals surface area contributed by atoms with Gasteiger partial charge in [0.05, 0.1) is 42.1 Å². The Morgan fingerprint density at radius 3 is 2.69 bits per heavy atom. The van der Waals surface area contributed by atoms with Crippen LogP contribution in [0.5, 0.6) is 0 Å². The van der Waals surface area contributed by atoms with Gasteiger partial charge in [-0.25, -0.2) is 0 Å². The minimum atomic E-state index is -0.867. The van der Waals surface area contributed by atoms with E-state index < -0.39 is 28.4 Å². The van der Waals surface area contributed by atoms with Crippen molar-refractivity contribution < 1.29 is 24.5 Å². The van der Waals surface area contributed by atoms with E-state index in [4.69, 9.17) is 0 Å². The molecule has 0 spiro atoms. The minimum Gasteiger partial charge on any atom is -0.503 e. The van der Waals surface area contributed by atoms with Crippen molar-refractivity contribution >= 4 is 28.7 Å². The number of amides is 1. The minimum absolute atomic E-state index is 0.0323. The third kappa shape index (κ3) is 4.20. The molecule has 1 aromatic heterocycles. The quantitative estimate of drug-likeness (QED) is 0.388. The van der Waals surface area contributed by atoms with E-state index in [2.05, 4.69) is 0 Å². The Morgan fingerprint density at radius 1 is 1.31 bits per heavy atom. The normalized spacial score (nSPS) is 16.7. The highest BCUT2D eigenvalue weighted by atomic mass is 32.1. The smallest absolute Gasteiger partial charge is 0.290 e. The monoisotopic (exact) mass is 416 g/mol. The number of nitro benzene ring substituents is 1. The lowest BCUT2D eigenvalue weighted by Gasteiger charge is -2.26. The number of nitrogens with zero attached hydrogens (tertiary/aromatic N) is 2. The van der Waals surface area contributed by atoms with Crippen LogP contribution in [-0.2, 0) is 4.79 Å². The predicted molar refractivity (Wildman–Crippen MR) is 108 cm³/mol. The van der Waals surface area contributed by atoms with Gasteiger partial charge in [0.2, 0.25) is 5.78 Å². The summed E-state index contributed by atoms with van der Waals surface area (Å²) in [4.78, 5) is 39.6. The number of carbonyl (C=O) groups is 2. The first-order chi connectivity index (χ1) is 13.8. The lowest BCUT2D eigenvalue weighted by Crippen LogP contribution is -3.05. The Morgan fingerprint density at radius 2 is 2.07 bits per heavy atom. The topological polar surface area (TPSA) is 105 Å².